The Bertz CT molecular complexity index is 1150. The van der Waals surface area contributed by atoms with Crippen molar-refractivity contribution in [2.75, 3.05) is 13.7 Å². The third kappa shape index (κ3) is 4.45. The van der Waals surface area contributed by atoms with Crippen molar-refractivity contribution in [3.63, 3.8) is 0 Å². The van der Waals surface area contributed by atoms with Crippen molar-refractivity contribution in [1.29, 1.82) is 0 Å². The molecule has 1 aromatic heterocycles. The SMILES string of the molecule is C#C[C@H](C)Oc1cnc(C(=O)Cc2ccc(F)c([C@@]3(C)N=C(N)S[C@@]4(COC)C[C@H]43)c2)cn1. The number of hydrogen-bond acceptors (Lipinski definition) is 8. The van der Waals surface area contributed by atoms with Gasteiger partial charge in [0.15, 0.2) is 17.1 Å². The summed E-state index contributed by atoms with van der Waals surface area (Å²) in [4.78, 5) is 25.6. The topological polar surface area (TPSA) is 99.7 Å². The average molecular weight is 469 g/mol. The zero-order valence-corrected chi connectivity index (χ0v) is 19.5. The van der Waals surface area contributed by atoms with E-state index in [0.717, 1.165) is 6.42 Å². The van der Waals surface area contributed by atoms with E-state index in [1.54, 1.807) is 26.2 Å². The van der Waals surface area contributed by atoms with Crippen molar-refractivity contribution in [3.05, 3.63) is 53.2 Å². The summed E-state index contributed by atoms with van der Waals surface area (Å²) in [6, 6.07) is 4.68. The van der Waals surface area contributed by atoms with Gasteiger partial charge in [0.05, 0.1) is 29.3 Å². The molecule has 9 heteroatoms. The van der Waals surface area contributed by atoms with Crippen LogP contribution in [0.5, 0.6) is 5.88 Å². The molecule has 4 rings (SSSR count). The average Bonchev–Trinajstić information content (AvgIpc) is 3.50. The first-order valence-corrected chi connectivity index (χ1v) is 11.3. The van der Waals surface area contributed by atoms with Gasteiger partial charge in [0.25, 0.3) is 0 Å². The first-order valence-electron chi connectivity index (χ1n) is 10.5. The molecule has 0 amide bonds. The molecule has 2 aliphatic rings. The standard InChI is InChI=1S/C24H25FN4O3S/c1-5-14(2)32-21-12-27-18(11-28-21)19(30)9-15-6-7-17(25)16(8-15)23(3)20-10-24(20,13-31-4)33-22(26)29-23/h1,6-8,11-12,14,20H,9-10,13H2,2-4H3,(H2,26,29)/t14-,20-,23+,24+/m0/s1. The van der Waals surface area contributed by atoms with Gasteiger partial charge in [-0.05, 0) is 38.0 Å². The van der Waals surface area contributed by atoms with Gasteiger partial charge >= 0.3 is 0 Å². The minimum Gasteiger partial charge on any atom is -0.460 e. The molecular formula is C24H25FN4O3S. The number of halogens is 1. The molecule has 1 fully saturated rings. The van der Waals surface area contributed by atoms with Gasteiger partial charge in [-0.15, -0.1) is 6.42 Å². The molecule has 0 unspecified atom stereocenters. The van der Waals surface area contributed by atoms with Gasteiger partial charge in [0.1, 0.15) is 11.5 Å². The lowest BCUT2D eigenvalue weighted by Crippen LogP contribution is -2.37. The molecule has 1 aliphatic carbocycles. The van der Waals surface area contributed by atoms with Crippen molar-refractivity contribution < 1.29 is 18.7 Å². The van der Waals surface area contributed by atoms with Crippen LogP contribution in [0.25, 0.3) is 0 Å². The van der Waals surface area contributed by atoms with Crippen LogP contribution in [0.4, 0.5) is 4.39 Å². The molecule has 172 valence electrons. The quantitative estimate of drug-likeness (QED) is 0.469. The lowest BCUT2D eigenvalue weighted by Gasteiger charge is -2.34. The van der Waals surface area contributed by atoms with Gasteiger partial charge in [-0.1, -0.05) is 23.7 Å². The molecule has 1 saturated carbocycles. The molecule has 0 spiro atoms. The highest BCUT2D eigenvalue weighted by Gasteiger charge is 2.66. The molecule has 1 aromatic carbocycles. The third-order valence-corrected chi connectivity index (χ3v) is 7.40. The van der Waals surface area contributed by atoms with Gasteiger partial charge in [0, 0.05) is 25.0 Å². The fourth-order valence-electron chi connectivity index (χ4n) is 4.41. The number of carbonyl (C=O) groups is 1. The number of fused-ring (bicyclic) bond motifs is 1. The lowest BCUT2D eigenvalue weighted by molar-refractivity contribution is 0.0987. The zero-order chi connectivity index (χ0) is 23.8. The highest BCUT2D eigenvalue weighted by molar-refractivity contribution is 8.15. The number of ether oxygens (including phenoxy) is 2. The van der Waals surface area contributed by atoms with Crippen LogP contribution in [-0.4, -0.2) is 45.5 Å². The number of amidine groups is 1. The Labute approximate surface area is 196 Å². The Kier molecular flexibility index (Phi) is 6.16. The number of methoxy groups -OCH3 is 1. The fourth-order valence-corrected chi connectivity index (χ4v) is 5.86. The smallest absolute Gasteiger partial charge is 0.233 e. The van der Waals surface area contributed by atoms with Crippen LogP contribution in [0.15, 0.2) is 35.6 Å². The molecular weight excluding hydrogens is 443 g/mol. The predicted molar refractivity (Wildman–Crippen MR) is 125 cm³/mol. The zero-order valence-electron chi connectivity index (χ0n) is 18.7. The first-order chi connectivity index (χ1) is 15.7. The molecule has 33 heavy (non-hydrogen) atoms. The molecule has 7 nitrogen and oxygen atoms in total. The number of aliphatic imine (C=N–C) groups is 1. The third-order valence-electron chi connectivity index (χ3n) is 6.13. The number of carbonyl (C=O) groups excluding carboxylic acids is 1. The Balaban J connectivity index is 1.55. The molecule has 0 radical (unpaired) electrons. The second-order valence-corrected chi connectivity index (χ2v) is 9.97. The van der Waals surface area contributed by atoms with E-state index in [4.69, 9.17) is 21.6 Å². The van der Waals surface area contributed by atoms with Crippen LogP contribution in [0, 0.1) is 24.1 Å². The van der Waals surface area contributed by atoms with Gasteiger partial charge in [0.2, 0.25) is 5.88 Å². The maximum absolute atomic E-state index is 15.0. The van der Waals surface area contributed by atoms with Crippen LogP contribution in [0.1, 0.15) is 41.9 Å². The molecule has 2 aromatic rings. The second-order valence-electron chi connectivity index (χ2n) is 8.53. The summed E-state index contributed by atoms with van der Waals surface area (Å²) in [5, 5.41) is 0.418. The number of thioether (sulfide) groups is 1. The van der Waals surface area contributed by atoms with E-state index in [9.17, 15) is 9.18 Å². The van der Waals surface area contributed by atoms with E-state index in [1.807, 2.05) is 6.92 Å². The minimum atomic E-state index is -0.830. The number of aromatic nitrogens is 2. The predicted octanol–water partition coefficient (Wildman–Crippen LogP) is 3.12. The van der Waals surface area contributed by atoms with Gasteiger partial charge in [-0.25, -0.2) is 14.4 Å². The molecule has 0 saturated heterocycles. The number of hydrogen-bond donors (Lipinski definition) is 1. The molecule has 0 bridgehead atoms. The van der Waals surface area contributed by atoms with Crippen molar-refractivity contribution in [1.82, 2.24) is 9.97 Å². The summed E-state index contributed by atoms with van der Waals surface area (Å²) in [5.74, 6) is 2.14. The van der Waals surface area contributed by atoms with Crippen molar-refractivity contribution in [2.24, 2.45) is 16.6 Å². The summed E-state index contributed by atoms with van der Waals surface area (Å²) in [6.07, 6.45) is 8.41. The Morgan fingerprint density at radius 2 is 2.21 bits per heavy atom. The van der Waals surface area contributed by atoms with E-state index in [2.05, 4.69) is 20.9 Å². The normalized spacial score (nSPS) is 26.5. The van der Waals surface area contributed by atoms with E-state index >= 15 is 0 Å². The maximum atomic E-state index is 15.0. The molecule has 1 aliphatic heterocycles. The number of Topliss-reactive ketones (excluding diaryl/α,β-unsaturated/α-hetero) is 1. The van der Waals surface area contributed by atoms with E-state index in [0.29, 0.717) is 22.9 Å². The highest BCUT2D eigenvalue weighted by Crippen LogP contribution is 2.65. The maximum Gasteiger partial charge on any atom is 0.233 e. The molecule has 2 heterocycles. The van der Waals surface area contributed by atoms with Crippen LogP contribution in [-0.2, 0) is 16.7 Å². The van der Waals surface area contributed by atoms with E-state index in [1.165, 1.54) is 30.2 Å². The van der Waals surface area contributed by atoms with Gasteiger partial charge in [-0.2, -0.15) is 0 Å². The summed E-state index contributed by atoms with van der Waals surface area (Å²) in [6.45, 7) is 4.12. The number of nitrogens with zero attached hydrogens (tertiary/aromatic N) is 3. The van der Waals surface area contributed by atoms with Crippen molar-refractivity contribution in [3.8, 4) is 18.2 Å². The summed E-state index contributed by atoms with van der Waals surface area (Å²) >= 11 is 1.50. The van der Waals surface area contributed by atoms with Crippen LogP contribution < -0.4 is 10.5 Å². The fraction of sp³-hybridized carbons (Fsp3) is 0.417. The Hall–Kier alpha value is -2.96. The van der Waals surface area contributed by atoms with Gasteiger partial charge in [-0.3, -0.25) is 9.79 Å². The van der Waals surface area contributed by atoms with Crippen LogP contribution in [0.3, 0.4) is 0 Å². The Morgan fingerprint density at radius 3 is 2.88 bits per heavy atom. The number of rotatable bonds is 8. The molecule has 2 N–H and O–H groups in total. The number of nitrogens with two attached hydrogens (primary N) is 1. The van der Waals surface area contributed by atoms with E-state index < -0.39 is 11.6 Å². The van der Waals surface area contributed by atoms with Crippen molar-refractivity contribution in [2.45, 2.75) is 43.1 Å². The molecule has 4 atom stereocenters. The summed E-state index contributed by atoms with van der Waals surface area (Å²) < 4.78 is 25.6. The van der Waals surface area contributed by atoms with E-state index in [-0.39, 0.29) is 40.3 Å². The minimum absolute atomic E-state index is 0.0425. The van der Waals surface area contributed by atoms with Crippen molar-refractivity contribution >= 4 is 22.7 Å². The number of ketones is 1. The first kappa shape index (κ1) is 23.2. The van der Waals surface area contributed by atoms with Gasteiger partial charge < -0.3 is 15.2 Å². The lowest BCUT2D eigenvalue weighted by atomic mass is 9.84. The highest BCUT2D eigenvalue weighted by atomic mass is 32.2. The number of terminal acetylenes is 1. The monoisotopic (exact) mass is 468 g/mol. The summed E-state index contributed by atoms with van der Waals surface area (Å²) in [7, 11) is 1.65. The largest absolute Gasteiger partial charge is 0.460 e. The Morgan fingerprint density at radius 1 is 1.42 bits per heavy atom. The summed E-state index contributed by atoms with van der Waals surface area (Å²) in [5.41, 5.74) is 6.56. The number of benzene rings is 1. The van der Waals surface area contributed by atoms with Crippen LogP contribution in [0.2, 0.25) is 0 Å². The second kappa shape index (κ2) is 8.76. The van der Waals surface area contributed by atoms with Crippen LogP contribution >= 0.6 is 11.8 Å².